The Balaban J connectivity index is -0.00000000300. The van der Waals surface area contributed by atoms with Gasteiger partial charge in [0.2, 0.25) is 0 Å². The summed E-state index contributed by atoms with van der Waals surface area (Å²) in [6, 6.07) is 0. The Morgan fingerprint density at radius 3 is 1.38 bits per heavy atom. The average Bonchev–Trinajstić information content (AvgIpc) is 0.811. The van der Waals surface area contributed by atoms with E-state index in [-0.39, 0.29) is 64.8 Å². The van der Waals surface area contributed by atoms with Crippen LogP contribution in [0, 0.1) is 0 Å². The third-order valence-corrected chi connectivity index (χ3v) is 0. The van der Waals surface area contributed by atoms with Gasteiger partial charge in [0, 0.05) is 6.92 Å². The van der Waals surface area contributed by atoms with Gasteiger partial charge in [-0.15, -0.1) is 0 Å². The number of carbonyl (C=O) groups is 1. The molecule has 0 bridgehead atoms. The minimum Gasteiger partial charge on any atom is -1.00 e. The topological polar surface area (TPSA) is 132 Å². The first-order valence-corrected chi connectivity index (χ1v) is 0.928. The maximum atomic E-state index is 9.00. The van der Waals surface area contributed by atoms with Gasteiger partial charge in [-0.2, -0.15) is 0 Å². The summed E-state index contributed by atoms with van der Waals surface area (Å²) < 4.78 is 0. The van der Waals surface area contributed by atoms with Gasteiger partial charge in [0.1, 0.15) is 0 Å². The molecule has 0 aromatic heterocycles. The largest absolute Gasteiger partial charge is 2.00 e. The van der Waals surface area contributed by atoms with Gasteiger partial charge in [0.05, 0.1) is 0 Å². The number of carboxylic acid groups (broad SMARTS) is 1. The van der Waals surface area contributed by atoms with E-state index in [9.17, 15) is 0 Å². The zero-order chi connectivity index (χ0) is 3.58. The first kappa shape index (κ1) is 36.9. The third kappa shape index (κ3) is 337. The average molecular weight is 204 g/mol. The van der Waals surface area contributed by atoms with Crippen molar-refractivity contribution in [2.24, 2.45) is 0 Å². The summed E-state index contributed by atoms with van der Waals surface area (Å²) in [5.74, 6) is -0.833. The first-order chi connectivity index (χ1) is 1.73. The molecule has 7 N–H and O–H groups in total. The Kier molecular flexibility index (Phi) is 115. The van der Waals surface area contributed by atoms with E-state index in [1.807, 2.05) is 0 Å². The fourth-order valence-electron chi connectivity index (χ4n) is 0. The van der Waals surface area contributed by atoms with E-state index in [1.54, 1.807) is 0 Å². The van der Waals surface area contributed by atoms with Crippen LogP contribution in [-0.4, -0.2) is 73.0 Å². The number of aliphatic carboxylic acids is 1. The van der Waals surface area contributed by atoms with E-state index in [0.717, 1.165) is 6.92 Å². The number of rotatable bonds is 0. The van der Waals surface area contributed by atoms with Crippen LogP contribution in [0.15, 0.2) is 0 Å². The predicted octanol–water partition coefficient (Wildman–Crippen LogP) is -2.54. The zero-order valence-corrected chi connectivity index (χ0v) is 8.04. The van der Waals surface area contributed by atoms with Gasteiger partial charge in [-0.05, 0) is 0 Å². The molecule has 0 rings (SSSR count). The molecule has 0 amide bonds. The van der Waals surface area contributed by atoms with Crippen molar-refractivity contribution in [3.8, 4) is 0 Å². The van der Waals surface area contributed by atoms with Crippen LogP contribution < -0.4 is 0 Å². The Bertz CT molecular complexity index is 40.6. The van der Waals surface area contributed by atoms with Crippen LogP contribution in [0.2, 0.25) is 0 Å². The van der Waals surface area contributed by atoms with Gasteiger partial charge in [0.15, 0.2) is 0 Å². The SMILES string of the molecule is CC(=O)O.O.O.O.[H-].[H-].[Sr+2]. The zero-order valence-electron chi connectivity index (χ0n) is 6.56. The van der Waals surface area contributed by atoms with E-state index in [1.165, 1.54) is 0 Å². The van der Waals surface area contributed by atoms with Crippen LogP contribution >= 0.6 is 0 Å². The normalized spacial score (nSPS) is 3.12. The maximum absolute atomic E-state index is 9.00. The molecule has 0 spiro atoms. The van der Waals surface area contributed by atoms with Crippen molar-refractivity contribution in [3.63, 3.8) is 0 Å². The molecular formula is C2H12O5Sr. The third-order valence-electron chi connectivity index (χ3n) is 0. The molecule has 0 aliphatic rings. The quantitative estimate of drug-likeness (QED) is 0.435. The molecular weight excluding hydrogens is 192 g/mol. The second kappa shape index (κ2) is 24.9. The van der Waals surface area contributed by atoms with Crippen LogP contribution in [-0.2, 0) is 4.79 Å². The van der Waals surface area contributed by atoms with Crippen LogP contribution in [0.5, 0.6) is 0 Å². The minimum absolute atomic E-state index is 0. The van der Waals surface area contributed by atoms with Crippen LogP contribution in [0.25, 0.3) is 0 Å². The summed E-state index contributed by atoms with van der Waals surface area (Å²) in [6.45, 7) is 1.08. The fraction of sp³-hybridized carbons (Fsp3) is 0.500. The number of hydrogen-bond donors (Lipinski definition) is 1. The second-order valence-electron chi connectivity index (χ2n) is 0.519. The predicted molar refractivity (Wildman–Crippen MR) is 32.1 cm³/mol. The van der Waals surface area contributed by atoms with Crippen molar-refractivity contribution >= 4 is 51.5 Å². The maximum Gasteiger partial charge on any atom is 2.00 e. The van der Waals surface area contributed by atoms with Gasteiger partial charge < -0.3 is 24.4 Å². The fourth-order valence-corrected chi connectivity index (χ4v) is 0. The minimum atomic E-state index is -0.833. The molecule has 0 saturated carbocycles. The summed E-state index contributed by atoms with van der Waals surface area (Å²) in [6.07, 6.45) is 0. The second-order valence-corrected chi connectivity index (χ2v) is 0.519. The first-order valence-electron chi connectivity index (χ1n) is 0.928. The Labute approximate surface area is 86.9 Å². The monoisotopic (exact) mass is 204 g/mol. The summed E-state index contributed by atoms with van der Waals surface area (Å²) in [5.41, 5.74) is 0. The van der Waals surface area contributed by atoms with Crippen LogP contribution in [0.1, 0.15) is 9.78 Å². The van der Waals surface area contributed by atoms with Crippen molar-refractivity contribution in [1.29, 1.82) is 0 Å². The summed E-state index contributed by atoms with van der Waals surface area (Å²) in [4.78, 5) is 9.00. The van der Waals surface area contributed by atoms with Crippen molar-refractivity contribution in [2.75, 3.05) is 0 Å². The van der Waals surface area contributed by atoms with Crippen molar-refractivity contribution in [1.82, 2.24) is 0 Å². The molecule has 5 nitrogen and oxygen atoms in total. The van der Waals surface area contributed by atoms with Crippen molar-refractivity contribution in [2.45, 2.75) is 6.92 Å². The van der Waals surface area contributed by atoms with Gasteiger partial charge >= 0.3 is 45.5 Å². The van der Waals surface area contributed by atoms with Gasteiger partial charge in [-0.1, -0.05) is 0 Å². The van der Waals surface area contributed by atoms with E-state index in [4.69, 9.17) is 9.90 Å². The van der Waals surface area contributed by atoms with Crippen molar-refractivity contribution in [3.05, 3.63) is 0 Å². The number of carboxylic acids is 1. The molecule has 0 aromatic rings. The molecule has 0 aliphatic carbocycles. The Morgan fingerprint density at radius 1 is 1.38 bits per heavy atom. The Hall–Kier alpha value is 0.831. The van der Waals surface area contributed by atoms with E-state index in [0.29, 0.717) is 0 Å². The van der Waals surface area contributed by atoms with Gasteiger partial charge in [-0.3, -0.25) is 4.79 Å². The van der Waals surface area contributed by atoms with E-state index < -0.39 is 5.97 Å². The van der Waals surface area contributed by atoms with Gasteiger partial charge in [0.25, 0.3) is 5.97 Å². The summed E-state index contributed by atoms with van der Waals surface area (Å²) in [7, 11) is 0. The van der Waals surface area contributed by atoms with Crippen LogP contribution in [0.3, 0.4) is 0 Å². The molecule has 0 aliphatic heterocycles. The molecule has 0 atom stereocenters. The molecule has 0 radical (unpaired) electrons. The molecule has 52 valence electrons. The number of hydrogen-bond acceptors (Lipinski definition) is 1. The Morgan fingerprint density at radius 2 is 1.38 bits per heavy atom. The molecule has 8 heavy (non-hydrogen) atoms. The summed E-state index contributed by atoms with van der Waals surface area (Å²) >= 11 is 0. The smallest absolute Gasteiger partial charge is 1.00 e. The molecule has 0 fully saturated rings. The molecule has 0 heterocycles. The van der Waals surface area contributed by atoms with Gasteiger partial charge in [-0.25, -0.2) is 0 Å². The summed E-state index contributed by atoms with van der Waals surface area (Å²) in [5, 5.41) is 7.42. The molecule has 0 unspecified atom stereocenters. The standard InChI is InChI=1S/C2H4O2.3H2O.Sr.2H/c1-2(3)4;;;;;;/h1H3,(H,3,4);3*1H2;;;/q;;;;+2;2*-1. The van der Waals surface area contributed by atoms with Crippen molar-refractivity contribution < 1.29 is 29.2 Å². The molecule has 0 saturated heterocycles. The molecule has 6 heteroatoms. The molecule has 0 aromatic carbocycles. The van der Waals surface area contributed by atoms with E-state index in [2.05, 4.69) is 0 Å². The van der Waals surface area contributed by atoms with Crippen LogP contribution in [0.4, 0.5) is 0 Å². The van der Waals surface area contributed by atoms with E-state index >= 15 is 0 Å².